The molecule has 0 unspecified atom stereocenters. The van der Waals surface area contributed by atoms with E-state index in [0.29, 0.717) is 0 Å². The first-order valence-electron chi connectivity index (χ1n) is 4.02. The van der Waals surface area contributed by atoms with Crippen LogP contribution >= 0.6 is 0 Å². The third-order valence-electron chi connectivity index (χ3n) is 2.16. The molecule has 1 heterocycles. The van der Waals surface area contributed by atoms with Crippen LogP contribution in [0.15, 0.2) is 0 Å². The van der Waals surface area contributed by atoms with Gasteiger partial charge in [-0.05, 0) is 0 Å². The molecule has 0 aromatic carbocycles. The second-order valence-electron chi connectivity index (χ2n) is 3.02. The van der Waals surface area contributed by atoms with E-state index >= 15 is 0 Å². The normalized spacial score (nSPS) is 46.4. The van der Waals surface area contributed by atoms with E-state index in [1.807, 2.05) is 0 Å². The Morgan fingerprint density at radius 2 is 2.00 bits per heavy atom. The Morgan fingerprint density at radius 1 is 1.38 bits per heavy atom. The summed E-state index contributed by atoms with van der Waals surface area (Å²) in [6, 6.07) is -0.803. The van der Waals surface area contributed by atoms with E-state index in [9.17, 15) is 10.2 Å². The van der Waals surface area contributed by atoms with Crippen LogP contribution in [-0.4, -0.2) is 59.7 Å². The standard InChI is InChI=1S/C7H15NO5/c1-12-7-4(8)6(11)5(10)3(2-9)13-7/h3-7,9-11H,2,8H2,1H3/t3-,4-,5-,6-,7+/m0/s1. The molecule has 0 radical (unpaired) electrons. The van der Waals surface area contributed by atoms with E-state index in [2.05, 4.69) is 0 Å². The molecule has 1 aliphatic rings. The van der Waals surface area contributed by atoms with Crippen molar-refractivity contribution in [2.24, 2.45) is 5.73 Å². The van der Waals surface area contributed by atoms with Gasteiger partial charge >= 0.3 is 0 Å². The number of hydrogen-bond donors (Lipinski definition) is 4. The van der Waals surface area contributed by atoms with E-state index in [1.54, 1.807) is 0 Å². The van der Waals surface area contributed by atoms with E-state index in [0.717, 1.165) is 0 Å². The van der Waals surface area contributed by atoms with Crippen LogP contribution in [0.1, 0.15) is 0 Å². The molecule has 5 N–H and O–H groups in total. The van der Waals surface area contributed by atoms with E-state index in [1.165, 1.54) is 7.11 Å². The highest BCUT2D eigenvalue weighted by Gasteiger charge is 2.42. The Labute approximate surface area is 75.9 Å². The zero-order valence-electron chi connectivity index (χ0n) is 7.33. The Morgan fingerprint density at radius 3 is 2.46 bits per heavy atom. The van der Waals surface area contributed by atoms with Gasteiger partial charge in [0.05, 0.1) is 12.6 Å². The van der Waals surface area contributed by atoms with Gasteiger partial charge in [-0.25, -0.2) is 0 Å². The summed E-state index contributed by atoms with van der Waals surface area (Å²) in [6.45, 7) is -0.384. The Balaban J connectivity index is 2.66. The molecule has 0 aromatic heterocycles. The molecule has 0 aliphatic carbocycles. The topological polar surface area (TPSA) is 105 Å². The van der Waals surface area contributed by atoms with E-state index < -0.39 is 30.6 Å². The summed E-state index contributed by atoms with van der Waals surface area (Å²) < 4.78 is 9.90. The first-order valence-corrected chi connectivity index (χ1v) is 4.02. The van der Waals surface area contributed by atoms with Crippen molar-refractivity contribution in [2.45, 2.75) is 30.6 Å². The highest BCUT2D eigenvalue weighted by molar-refractivity contribution is 4.91. The third kappa shape index (κ3) is 1.98. The lowest BCUT2D eigenvalue weighted by molar-refractivity contribution is -0.257. The monoisotopic (exact) mass is 193 g/mol. The van der Waals surface area contributed by atoms with Crippen LogP contribution in [0.5, 0.6) is 0 Å². The minimum atomic E-state index is -1.17. The average molecular weight is 193 g/mol. The van der Waals surface area contributed by atoms with Crippen LogP contribution in [0, 0.1) is 0 Å². The molecule has 0 amide bonds. The molecule has 6 heteroatoms. The van der Waals surface area contributed by atoms with Gasteiger partial charge in [-0.1, -0.05) is 0 Å². The van der Waals surface area contributed by atoms with Crippen molar-refractivity contribution in [3.05, 3.63) is 0 Å². The van der Waals surface area contributed by atoms with Gasteiger partial charge < -0.3 is 30.5 Å². The Hall–Kier alpha value is -0.240. The van der Waals surface area contributed by atoms with Gasteiger partial charge in [-0.15, -0.1) is 0 Å². The molecule has 0 saturated carbocycles. The molecule has 1 rings (SSSR count). The van der Waals surface area contributed by atoms with Crippen molar-refractivity contribution in [3.8, 4) is 0 Å². The summed E-state index contributed by atoms with van der Waals surface area (Å²) in [5.41, 5.74) is 5.50. The van der Waals surface area contributed by atoms with Crippen molar-refractivity contribution >= 4 is 0 Å². The Kier molecular flexibility index (Phi) is 3.60. The number of ether oxygens (including phenoxy) is 2. The lowest BCUT2D eigenvalue weighted by Gasteiger charge is -2.39. The largest absolute Gasteiger partial charge is 0.394 e. The van der Waals surface area contributed by atoms with Crippen LogP contribution in [0.25, 0.3) is 0 Å². The van der Waals surface area contributed by atoms with Gasteiger partial charge in [-0.3, -0.25) is 0 Å². The fourth-order valence-corrected chi connectivity index (χ4v) is 1.32. The van der Waals surface area contributed by atoms with Crippen molar-refractivity contribution in [3.63, 3.8) is 0 Å². The number of rotatable bonds is 2. The molecule has 1 fully saturated rings. The molecule has 13 heavy (non-hydrogen) atoms. The highest BCUT2D eigenvalue weighted by atomic mass is 16.7. The first-order chi connectivity index (χ1) is 6.11. The van der Waals surface area contributed by atoms with Crippen molar-refractivity contribution in [2.75, 3.05) is 13.7 Å². The van der Waals surface area contributed by atoms with Crippen LogP contribution in [0.4, 0.5) is 0 Å². The van der Waals surface area contributed by atoms with Gasteiger partial charge in [0.15, 0.2) is 6.29 Å². The molecule has 78 valence electrons. The maximum Gasteiger partial charge on any atom is 0.175 e. The van der Waals surface area contributed by atoms with E-state index in [4.69, 9.17) is 20.3 Å². The summed E-state index contributed by atoms with van der Waals surface area (Å²) >= 11 is 0. The fraction of sp³-hybridized carbons (Fsp3) is 1.00. The van der Waals surface area contributed by atoms with Crippen LogP contribution in [-0.2, 0) is 9.47 Å². The molecule has 1 saturated heterocycles. The lowest BCUT2D eigenvalue weighted by Crippen LogP contribution is -2.62. The molecule has 0 spiro atoms. The quantitative estimate of drug-likeness (QED) is 0.383. The maximum absolute atomic E-state index is 9.40. The van der Waals surface area contributed by atoms with Gasteiger partial charge in [0.1, 0.15) is 18.3 Å². The summed E-state index contributed by atoms with van der Waals surface area (Å²) in [6.07, 6.45) is -3.96. The SMILES string of the molecule is CO[C@@H]1O[C@@H](CO)[C@H](O)[C@@H](O)[C@@H]1N. The van der Waals surface area contributed by atoms with E-state index in [-0.39, 0.29) is 6.61 Å². The van der Waals surface area contributed by atoms with Crippen molar-refractivity contribution in [1.82, 2.24) is 0 Å². The van der Waals surface area contributed by atoms with Gasteiger partial charge in [0.25, 0.3) is 0 Å². The molecular weight excluding hydrogens is 178 g/mol. The molecule has 6 nitrogen and oxygen atoms in total. The third-order valence-corrected chi connectivity index (χ3v) is 2.16. The minimum Gasteiger partial charge on any atom is -0.394 e. The molecule has 5 atom stereocenters. The van der Waals surface area contributed by atoms with Crippen LogP contribution < -0.4 is 5.73 Å². The second-order valence-corrected chi connectivity index (χ2v) is 3.02. The number of aliphatic hydroxyl groups excluding tert-OH is 3. The average Bonchev–Trinajstić information content (AvgIpc) is 2.15. The predicted octanol–water partition coefficient (Wildman–Crippen LogP) is -2.60. The van der Waals surface area contributed by atoms with Gasteiger partial charge in [-0.2, -0.15) is 0 Å². The zero-order chi connectivity index (χ0) is 10.0. The van der Waals surface area contributed by atoms with Crippen molar-refractivity contribution < 1.29 is 24.8 Å². The highest BCUT2D eigenvalue weighted by Crippen LogP contribution is 2.19. The fourth-order valence-electron chi connectivity index (χ4n) is 1.32. The summed E-state index contributed by atoms with van der Waals surface area (Å²) in [7, 11) is 1.38. The van der Waals surface area contributed by atoms with Gasteiger partial charge in [0, 0.05) is 7.11 Å². The maximum atomic E-state index is 9.40. The molecular formula is C7H15NO5. The molecule has 0 aromatic rings. The molecule has 1 aliphatic heterocycles. The number of hydrogen-bond acceptors (Lipinski definition) is 6. The molecule has 0 bridgehead atoms. The zero-order valence-corrected chi connectivity index (χ0v) is 7.33. The number of aliphatic hydroxyl groups is 3. The minimum absolute atomic E-state index is 0.384. The summed E-state index contributed by atoms with van der Waals surface area (Å²) in [4.78, 5) is 0. The van der Waals surface area contributed by atoms with Gasteiger partial charge in [0.2, 0.25) is 0 Å². The van der Waals surface area contributed by atoms with Crippen LogP contribution in [0.3, 0.4) is 0 Å². The first kappa shape index (κ1) is 10.8. The smallest absolute Gasteiger partial charge is 0.175 e. The van der Waals surface area contributed by atoms with Crippen molar-refractivity contribution in [1.29, 1.82) is 0 Å². The second kappa shape index (κ2) is 4.32. The Bertz CT molecular complexity index is 147. The summed E-state index contributed by atoms with van der Waals surface area (Å²) in [5, 5.41) is 27.5. The predicted molar refractivity (Wildman–Crippen MR) is 42.7 cm³/mol. The number of nitrogens with two attached hydrogens (primary N) is 1. The lowest BCUT2D eigenvalue weighted by atomic mass is 9.98. The van der Waals surface area contributed by atoms with Crippen LogP contribution in [0.2, 0.25) is 0 Å². The summed E-state index contributed by atoms with van der Waals surface area (Å²) in [5.74, 6) is 0. The number of methoxy groups -OCH3 is 1.